The molecule has 3 unspecified atom stereocenters. The van der Waals surface area contributed by atoms with Gasteiger partial charge in [0.15, 0.2) is 5.76 Å². The maximum atomic E-state index is 12.8. The van der Waals surface area contributed by atoms with Crippen LogP contribution in [0, 0.1) is 5.92 Å². The molecule has 1 aromatic carbocycles. The Morgan fingerprint density at radius 3 is 2.40 bits per heavy atom. The third kappa shape index (κ3) is 3.70. The van der Waals surface area contributed by atoms with Crippen LogP contribution in [0.5, 0.6) is 0 Å². The number of hydrogen-bond acceptors (Lipinski definition) is 3. The van der Waals surface area contributed by atoms with E-state index >= 15 is 0 Å². The van der Waals surface area contributed by atoms with E-state index in [4.69, 9.17) is 0 Å². The summed E-state index contributed by atoms with van der Waals surface area (Å²) in [4.78, 5) is 26.0. The van der Waals surface area contributed by atoms with Crippen LogP contribution in [0.25, 0.3) is 5.57 Å². The van der Waals surface area contributed by atoms with Crippen LogP contribution < -0.4 is 0 Å². The molecule has 1 heterocycles. The summed E-state index contributed by atoms with van der Waals surface area (Å²) in [6.45, 7) is 5.99. The number of rotatable bonds is 8. The van der Waals surface area contributed by atoms with Crippen LogP contribution >= 0.6 is 0 Å². The number of carbonyl (C=O) groups excluding carboxylic acids is 1. The molecule has 0 bridgehead atoms. The predicted molar refractivity (Wildman–Crippen MR) is 97.0 cm³/mol. The first-order valence-electron chi connectivity index (χ1n) is 8.97. The van der Waals surface area contributed by atoms with E-state index in [2.05, 4.69) is 0 Å². The molecular formula is C20H27NO4. The van der Waals surface area contributed by atoms with E-state index in [-0.39, 0.29) is 11.7 Å². The number of unbranched alkanes of at least 4 members (excludes halogenated alkanes) is 1. The largest absolute Gasteiger partial charge is 0.503 e. The molecule has 1 aromatic rings. The average molecular weight is 345 g/mol. The highest BCUT2D eigenvalue weighted by molar-refractivity contribution is 6.06. The first-order chi connectivity index (χ1) is 11.9. The Labute approximate surface area is 149 Å². The van der Waals surface area contributed by atoms with E-state index in [0.29, 0.717) is 12.0 Å². The number of hydrogen-bond donors (Lipinski definition) is 2. The van der Waals surface area contributed by atoms with Crippen molar-refractivity contribution in [3.05, 3.63) is 41.7 Å². The van der Waals surface area contributed by atoms with Crippen LogP contribution in [0.1, 0.15) is 52.0 Å². The van der Waals surface area contributed by atoms with Crippen LogP contribution in [0.3, 0.4) is 0 Å². The highest BCUT2D eigenvalue weighted by atomic mass is 16.4. The van der Waals surface area contributed by atoms with Gasteiger partial charge < -0.3 is 15.1 Å². The van der Waals surface area contributed by atoms with E-state index in [9.17, 15) is 19.8 Å². The SMILES string of the molecule is CCCCC(C(=O)O)N1C(=O)C(O)=C(c2ccccc2)C1C(C)CC. The van der Waals surface area contributed by atoms with Crippen molar-refractivity contribution in [1.29, 1.82) is 0 Å². The molecule has 3 atom stereocenters. The average Bonchev–Trinajstić information content (AvgIpc) is 2.87. The van der Waals surface area contributed by atoms with Gasteiger partial charge in [0, 0.05) is 5.57 Å². The first-order valence-corrected chi connectivity index (χ1v) is 8.97. The van der Waals surface area contributed by atoms with Crippen molar-refractivity contribution < 1.29 is 19.8 Å². The van der Waals surface area contributed by atoms with Crippen molar-refractivity contribution >= 4 is 17.4 Å². The van der Waals surface area contributed by atoms with Gasteiger partial charge in [-0.05, 0) is 17.9 Å². The lowest BCUT2D eigenvalue weighted by Gasteiger charge is -2.35. The third-order valence-electron chi connectivity index (χ3n) is 5.01. The fraction of sp³-hybridized carbons (Fsp3) is 0.500. The Bertz CT molecular complexity index is 653. The summed E-state index contributed by atoms with van der Waals surface area (Å²) >= 11 is 0. The van der Waals surface area contributed by atoms with Gasteiger partial charge in [-0.3, -0.25) is 4.79 Å². The van der Waals surface area contributed by atoms with E-state index in [1.54, 1.807) is 0 Å². The second-order valence-corrected chi connectivity index (χ2v) is 6.67. The summed E-state index contributed by atoms with van der Waals surface area (Å²) in [5.41, 5.74) is 1.31. The normalized spacial score (nSPS) is 20.0. The van der Waals surface area contributed by atoms with E-state index < -0.39 is 24.0 Å². The smallest absolute Gasteiger partial charge is 0.326 e. The van der Waals surface area contributed by atoms with Gasteiger partial charge in [-0.25, -0.2) is 4.79 Å². The van der Waals surface area contributed by atoms with Gasteiger partial charge in [0.05, 0.1) is 6.04 Å². The van der Waals surface area contributed by atoms with Crippen molar-refractivity contribution in [1.82, 2.24) is 4.90 Å². The Morgan fingerprint density at radius 2 is 1.88 bits per heavy atom. The molecule has 0 radical (unpaired) electrons. The molecule has 1 amide bonds. The fourth-order valence-corrected chi connectivity index (χ4v) is 3.46. The van der Waals surface area contributed by atoms with E-state index in [0.717, 1.165) is 24.8 Å². The van der Waals surface area contributed by atoms with E-state index in [1.165, 1.54) is 4.90 Å². The molecule has 0 aromatic heterocycles. The number of aliphatic hydroxyl groups excluding tert-OH is 1. The number of carboxylic acid groups (broad SMARTS) is 1. The van der Waals surface area contributed by atoms with Crippen LogP contribution in [-0.4, -0.2) is 39.1 Å². The molecule has 0 saturated carbocycles. The molecule has 2 rings (SSSR count). The zero-order chi connectivity index (χ0) is 18.6. The molecule has 0 aliphatic carbocycles. The fourth-order valence-electron chi connectivity index (χ4n) is 3.46. The number of nitrogens with zero attached hydrogens (tertiary/aromatic N) is 1. The van der Waals surface area contributed by atoms with Crippen molar-refractivity contribution in [2.75, 3.05) is 0 Å². The number of carboxylic acids is 1. The lowest BCUT2D eigenvalue weighted by molar-refractivity contribution is -0.150. The number of aliphatic carboxylic acids is 1. The highest BCUT2D eigenvalue weighted by Crippen LogP contribution is 2.39. The molecule has 5 nitrogen and oxygen atoms in total. The lowest BCUT2D eigenvalue weighted by Crippen LogP contribution is -2.50. The van der Waals surface area contributed by atoms with Crippen LogP contribution in [0.2, 0.25) is 0 Å². The summed E-state index contributed by atoms with van der Waals surface area (Å²) in [6.07, 6.45) is 2.73. The van der Waals surface area contributed by atoms with Crippen LogP contribution in [0.4, 0.5) is 0 Å². The molecular weight excluding hydrogens is 318 g/mol. The minimum Gasteiger partial charge on any atom is -0.503 e. The van der Waals surface area contributed by atoms with Gasteiger partial charge in [0.25, 0.3) is 5.91 Å². The summed E-state index contributed by atoms with van der Waals surface area (Å²) in [5.74, 6) is -1.88. The second-order valence-electron chi connectivity index (χ2n) is 6.67. The Morgan fingerprint density at radius 1 is 1.24 bits per heavy atom. The zero-order valence-electron chi connectivity index (χ0n) is 15.1. The molecule has 25 heavy (non-hydrogen) atoms. The topological polar surface area (TPSA) is 77.8 Å². The number of aliphatic hydroxyl groups is 1. The Kier molecular flexibility index (Phi) is 6.23. The van der Waals surface area contributed by atoms with Crippen molar-refractivity contribution in [2.24, 2.45) is 5.92 Å². The molecule has 5 heteroatoms. The second kappa shape index (κ2) is 8.19. The summed E-state index contributed by atoms with van der Waals surface area (Å²) in [5, 5.41) is 20.2. The third-order valence-corrected chi connectivity index (χ3v) is 5.01. The molecule has 1 aliphatic heterocycles. The molecule has 136 valence electrons. The maximum absolute atomic E-state index is 12.8. The Hall–Kier alpha value is -2.30. The highest BCUT2D eigenvalue weighted by Gasteiger charge is 2.47. The standard InChI is InChI=1S/C20H27NO4/c1-4-6-12-15(20(24)25)21-17(13(3)5-2)16(18(22)19(21)23)14-10-8-7-9-11-14/h7-11,13,15,17,22H,4-6,12H2,1-3H3,(H,24,25). The molecule has 0 saturated heterocycles. The van der Waals surface area contributed by atoms with Crippen LogP contribution in [-0.2, 0) is 9.59 Å². The Balaban J connectivity index is 2.51. The predicted octanol–water partition coefficient (Wildman–Crippen LogP) is 3.86. The number of amides is 1. The molecule has 0 spiro atoms. The van der Waals surface area contributed by atoms with Crippen molar-refractivity contribution in [3.63, 3.8) is 0 Å². The van der Waals surface area contributed by atoms with Crippen LogP contribution in [0.15, 0.2) is 36.1 Å². The van der Waals surface area contributed by atoms with Crippen molar-refractivity contribution in [3.8, 4) is 0 Å². The minimum atomic E-state index is -1.02. The molecule has 0 fully saturated rings. The van der Waals surface area contributed by atoms with Gasteiger partial charge >= 0.3 is 5.97 Å². The summed E-state index contributed by atoms with van der Waals surface area (Å²) in [7, 11) is 0. The van der Waals surface area contributed by atoms with Gasteiger partial charge in [-0.1, -0.05) is 70.4 Å². The van der Waals surface area contributed by atoms with Gasteiger partial charge in [-0.2, -0.15) is 0 Å². The van der Waals surface area contributed by atoms with Gasteiger partial charge in [0.1, 0.15) is 6.04 Å². The van der Waals surface area contributed by atoms with Gasteiger partial charge in [0.2, 0.25) is 0 Å². The molecule has 2 N–H and O–H groups in total. The first kappa shape index (κ1) is 19.0. The van der Waals surface area contributed by atoms with Gasteiger partial charge in [-0.15, -0.1) is 0 Å². The summed E-state index contributed by atoms with van der Waals surface area (Å²) in [6, 6.07) is 7.91. The molecule has 1 aliphatic rings. The quantitative estimate of drug-likeness (QED) is 0.750. The minimum absolute atomic E-state index is 0.0345. The zero-order valence-corrected chi connectivity index (χ0v) is 15.1. The maximum Gasteiger partial charge on any atom is 0.326 e. The van der Waals surface area contributed by atoms with E-state index in [1.807, 2.05) is 51.1 Å². The number of carbonyl (C=O) groups is 2. The van der Waals surface area contributed by atoms with Crippen molar-refractivity contribution in [2.45, 2.75) is 58.5 Å². The lowest BCUT2D eigenvalue weighted by atomic mass is 9.88. The monoisotopic (exact) mass is 345 g/mol. The summed E-state index contributed by atoms with van der Waals surface area (Å²) < 4.78 is 0. The number of benzene rings is 1.